The van der Waals surface area contributed by atoms with Gasteiger partial charge in [0.15, 0.2) is 0 Å². The molecule has 1 N–H and O–H groups in total. The minimum atomic E-state index is 0.788. The van der Waals surface area contributed by atoms with Crippen molar-refractivity contribution in [2.24, 2.45) is 0 Å². The molecule has 0 saturated carbocycles. The Hall–Kier alpha value is -0.490. The minimum Gasteiger partial charge on any atom is -0.314 e. The molecule has 19 heavy (non-hydrogen) atoms. The molecule has 2 saturated heterocycles. The zero-order valence-corrected chi connectivity index (χ0v) is 12.6. The first-order valence-corrected chi connectivity index (χ1v) is 8.33. The van der Waals surface area contributed by atoms with E-state index in [4.69, 9.17) is 4.98 Å². The van der Waals surface area contributed by atoms with Crippen LogP contribution in [-0.2, 0) is 13.0 Å². The highest BCUT2D eigenvalue weighted by atomic mass is 32.1. The van der Waals surface area contributed by atoms with Gasteiger partial charge in [0.2, 0.25) is 0 Å². The summed E-state index contributed by atoms with van der Waals surface area (Å²) in [6.07, 6.45) is 2.33. The second-order valence-electron chi connectivity index (χ2n) is 5.62. The molecule has 0 aromatic carbocycles. The first-order chi connectivity index (χ1) is 9.35. The number of aryl methyl sites for hydroxylation is 1. The zero-order valence-electron chi connectivity index (χ0n) is 11.8. The molecule has 106 valence electrons. The van der Waals surface area contributed by atoms with Crippen molar-refractivity contribution in [3.8, 4) is 0 Å². The molecule has 2 fully saturated rings. The molecule has 0 radical (unpaired) electrons. The highest BCUT2D eigenvalue weighted by molar-refractivity contribution is 7.09. The molecule has 5 heteroatoms. The fourth-order valence-electron chi connectivity index (χ4n) is 2.93. The molecule has 2 aliphatic heterocycles. The molecule has 0 atom stereocenters. The first kappa shape index (κ1) is 13.5. The maximum absolute atomic E-state index is 4.71. The van der Waals surface area contributed by atoms with Crippen LogP contribution in [0.5, 0.6) is 0 Å². The number of hydrogen-bond donors (Lipinski definition) is 1. The Kier molecular flexibility index (Phi) is 4.48. The van der Waals surface area contributed by atoms with E-state index in [1.165, 1.54) is 43.3 Å². The third-order valence-electron chi connectivity index (χ3n) is 4.05. The Morgan fingerprint density at radius 3 is 2.89 bits per heavy atom. The van der Waals surface area contributed by atoms with Crippen LogP contribution in [0.2, 0.25) is 0 Å². The van der Waals surface area contributed by atoms with Crippen LogP contribution < -0.4 is 5.32 Å². The van der Waals surface area contributed by atoms with Crippen molar-refractivity contribution in [2.75, 3.05) is 39.3 Å². The van der Waals surface area contributed by atoms with Crippen LogP contribution in [0, 0.1) is 0 Å². The molecule has 0 amide bonds. The number of aromatic nitrogens is 1. The Labute approximate surface area is 119 Å². The van der Waals surface area contributed by atoms with Gasteiger partial charge in [-0.25, -0.2) is 4.98 Å². The van der Waals surface area contributed by atoms with Gasteiger partial charge in [-0.05, 0) is 12.8 Å². The highest BCUT2D eigenvalue weighted by Crippen LogP contribution is 2.20. The lowest BCUT2D eigenvalue weighted by molar-refractivity contribution is 0.0217. The van der Waals surface area contributed by atoms with E-state index in [0.29, 0.717) is 0 Å². The van der Waals surface area contributed by atoms with Crippen LogP contribution in [-0.4, -0.2) is 60.1 Å². The second kappa shape index (κ2) is 6.31. The Balaban J connectivity index is 1.42. The van der Waals surface area contributed by atoms with Gasteiger partial charge in [-0.3, -0.25) is 9.80 Å². The summed E-state index contributed by atoms with van der Waals surface area (Å²) < 4.78 is 0. The van der Waals surface area contributed by atoms with Gasteiger partial charge in [0, 0.05) is 57.2 Å². The lowest BCUT2D eigenvalue weighted by atomic mass is 10.1. The van der Waals surface area contributed by atoms with Crippen molar-refractivity contribution in [1.29, 1.82) is 0 Å². The van der Waals surface area contributed by atoms with Gasteiger partial charge >= 0.3 is 0 Å². The summed E-state index contributed by atoms with van der Waals surface area (Å²) in [5.41, 5.74) is 1.27. The van der Waals surface area contributed by atoms with E-state index in [2.05, 4.69) is 27.4 Å². The van der Waals surface area contributed by atoms with Crippen LogP contribution in [0.15, 0.2) is 5.38 Å². The second-order valence-corrected chi connectivity index (χ2v) is 6.56. The number of piperazine rings is 1. The molecular weight excluding hydrogens is 256 g/mol. The van der Waals surface area contributed by atoms with E-state index in [9.17, 15) is 0 Å². The largest absolute Gasteiger partial charge is 0.314 e. The Bertz CT molecular complexity index is 394. The Morgan fingerprint density at radius 2 is 2.16 bits per heavy atom. The van der Waals surface area contributed by atoms with Gasteiger partial charge in [-0.1, -0.05) is 6.92 Å². The summed E-state index contributed by atoms with van der Waals surface area (Å²) >= 11 is 1.82. The lowest BCUT2D eigenvalue weighted by Gasteiger charge is -2.46. The van der Waals surface area contributed by atoms with E-state index in [1.54, 1.807) is 0 Å². The van der Waals surface area contributed by atoms with Crippen molar-refractivity contribution in [1.82, 2.24) is 20.1 Å². The molecule has 2 aliphatic rings. The molecule has 0 spiro atoms. The predicted octanol–water partition coefficient (Wildman–Crippen LogP) is 1.19. The zero-order chi connectivity index (χ0) is 13.1. The molecule has 0 aliphatic carbocycles. The quantitative estimate of drug-likeness (QED) is 0.878. The third kappa shape index (κ3) is 3.34. The molecule has 3 rings (SSSR count). The van der Waals surface area contributed by atoms with Gasteiger partial charge in [-0.15, -0.1) is 11.3 Å². The van der Waals surface area contributed by atoms with Crippen LogP contribution in [0.4, 0.5) is 0 Å². The molecule has 1 aromatic rings. The van der Waals surface area contributed by atoms with E-state index in [1.807, 2.05) is 11.3 Å². The van der Waals surface area contributed by atoms with Crippen molar-refractivity contribution in [2.45, 2.75) is 32.4 Å². The smallest absolute Gasteiger partial charge is 0.0928 e. The normalized spacial score (nSPS) is 22.6. The topological polar surface area (TPSA) is 31.4 Å². The van der Waals surface area contributed by atoms with Gasteiger partial charge in [0.1, 0.15) is 0 Å². The lowest BCUT2D eigenvalue weighted by Crippen LogP contribution is -2.62. The van der Waals surface area contributed by atoms with E-state index < -0.39 is 0 Å². The summed E-state index contributed by atoms with van der Waals surface area (Å²) in [7, 11) is 0. The highest BCUT2D eigenvalue weighted by Gasteiger charge is 2.32. The van der Waals surface area contributed by atoms with Crippen LogP contribution in [0.1, 0.15) is 24.0 Å². The maximum atomic E-state index is 4.71. The molecule has 0 bridgehead atoms. The molecule has 3 heterocycles. The van der Waals surface area contributed by atoms with Crippen molar-refractivity contribution in [3.05, 3.63) is 16.1 Å². The number of hydrogen-bond acceptors (Lipinski definition) is 5. The maximum Gasteiger partial charge on any atom is 0.0928 e. The summed E-state index contributed by atoms with van der Waals surface area (Å²) in [6, 6.07) is 0.788. The van der Waals surface area contributed by atoms with Gasteiger partial charge in [0.05, 0.1) is 10.7 Å². The molecule has 0 unspecified atom stereocenters. The van der Waals surface area contributed by atoms with Crippen LogP contribution in [0.25, 0.3) is 0 Å². The fourth-order valence-corrected chi connectivity index (χ4v) is 3.82. The summed E-state index contributed by atoms with van der Waals surface area (Å²) in [5, 5.41) is 6.96. The monoisotopic (exact) mass is 280 g/mol. The number of nitrogens with one attached hydrogen (secondary N) is 1. The average Bonchev–Trinajstić information content (AvgIpc) is 2.82. The Morgan fingerprint density at radius 1 is 1.37 bits per heavy atom. The fraction of sp³-hybridized carbons (Fsp3) is 0.786. The SMILES string of the molecule is CCCc1nc(CN2CC(N3CCNCC3)C2)cs1. The third-order valence-corrected chi connectivity index (χ3v) is 5.01. The minimum absolute atomic E-state index is 0.788. The van der Waals surface area contributed by atoms with Gasteiger partial charge in [-0.2, -0.15) is 0 Å². The van der Waals surface area contributed by atoms with Crippen molar-refractivity contribution >= 4 is 11.3 Å². The van der Waals surface area contributed by atoms with Crippen LogP contribution >= 0.6 is 11.3 Å². The molecule has 4 nitrogen and oxygen atoms in total. The van der Waals surface area contributed by atoms with Crippen LogP contribution in [0.3, 0.4) is 0 Å². The number of thiazole rings is 1. The predicted molar refractivity (Wildman–Crippen MR) is 79.6 cm³/mol. The number of rotatable bonds is 5. The van der Waals surface area contributed by atoms with Gasteiger partial charge in [0.25, 0.3) is 0 Å². The molecular formula is C14H24N4S. The first-order valence-electron chi connectivity index (χ1n) is 7.45. The van der Waals surface area contributed by atoms with Crippen molar-refractivity contribution in [3.63, 3.8) is 0 Å². The number of nitrogens with zero attached hydrogens (tertiary/aromatic N) is 3. The van der Waals surface area contributed by atoms with E-state index in [-0.39, 0.29) is 0 Å². The number of likely N-dealkylation sites (tertiary alicyclic amines) is 1. The summed E-state index contributed by atoms with van der Waals surface area (Å²) in [4.78, 5) is 9.87. The van der Waals surface area contributed by atoms with E-state index in [0.717, 1.165) is 32.1 Å². The van der Waals surface area contributed by atoms with E-state index >= 15 is 0 Å². The standard InChI is InChI=1S/C14H24N4S/c1-2-3-14-16-12(11-19-14)8-17-9-13(10-17)18-6-4-15-5-7-18/h11,13,15H,2-10H2,1H3. The van der Waals surface area contributed by atoms with Gasteiger partial charge < -0.3 is 5.32 Å². The van der Waals surface area contributed by atoms with Crippen molar-refractivity contribution < 1.29 is 0 Å². The summed E-state index contributed by atoms with van der Waals surface area (Å²) in [5.74, 6) is 0. The average molecular weight is 280 g/mol. The summed E-state index contributed by atoms with van der Waals surface area (Å²) in [6.45, 7) is 10.5. The molecule has 1 aromatic heterocycles.